The minimum Gasteiger partial charge on any atom is -0.488 e. The number of halogens is 2. The fraction of sp³-hybridized carbons (Fsp3) is 0.484. The Morgan fingerprint density at radius 3 is 2.72 bits per heavy atom. The van der Waals surface area contributed by atoms with Crippen molar-refractivity contribution in [1.82, 2.24) is 9.97 Å². The molecule has 1 aromatic carbocycles. The molecule has 2 saturated carbocycles. The Balaban J connectivity index is 1.37. The Labute approximate surface area is 252 Å². The third kappa shape index (κ3) is 6.29. The maximum Gasteiger partial charge on any atom is 0.304 e. The molecular weight excluding hydrogens is 578 g/mol. The van der Waals surface area contributed by atoms with Crippen LogP contribution < -0.4 is 19.3 Å². The Morgan fingerprint density at radius 2 is 2.00 bits per heavy atom. The number of hydrogen-bond donors (Lipinski definition) is 1. The second kappa shape index (κ2) is 12.4. The number of carbonyl (C=O) groups is 2. The van der Waals surface area contributed by atoms with Crippen molar-refractivity contribution in [2.75, 3.05) is 36.9 Å². The summed E-state index contributed by atoms with van der Waals surface area (Å²) in [4.78, 5) is 38.4. The lowest BCUT2D eigenvalue weighted by Gasteiger charge is -2.26. The second-order valence-corrected chi connectivity index (χ2v) is 12.4. The van der Waals surface area contributed by atoms with E-state index < -0.39 is 23.9 Å². The molecule has 3 aromatic rings. The van der Waals surface area contributed by atoms with E-state index in [-0.39, 0.29) is 34.9 Å². The fourth-order valence-corrected chi connectivity index (χ4v) is 7.04. The molecule has 1 atom stereocenters. The van der Waals surface area contributed by atoms with Crippen molar-refractivity contribution in [3.63, 3.8) is 0 Å². The van der Waals surface area contributed by atoms with Crippen molar-refractivity contribution in [1.29, 1.82) is 0 Å². The average molecular weight is 613 g/mol. The molecule has 0 bridgehead atoms. The molecule has 12 heteroatoms. The number of rotatable bonds is 11. The summed E-state index contributed by atoms with van der Waals surface area (Å²) >= 11 is 0.757. The zero-order valence-electron chi connectivity index (χ0n) is 23.9. The molecule has 2 aliphatic carbocycles. The van der Waals surface area contributed by atoms with Gasteiger partial charge in [0.2, 0.25) is 17.9 Å². The first-order chi connectivity index (χ1) is 20.8. The number of fused-ring (bicyclic) bond motifs is 1. The number of alkyl halides is 1. The van der Waals surface area contributed by atoms with Crippen LogP contribution in [0.5, 0.6) is 11.5 Å². The van der Waals surface area contributed by atoms with E-state index in [2.05, 4.69) is 9.97 Å². The van der Waals surface area contributed by atoms with Crippen LogP contribution in [0.2, 0.25) is 0 Å². The summed E-state index contributed by atoms with van der Waals surface area (Å²) in [6, 6.07) is 6.50. The van der Waals surface area contributed by atoms with Gasteiger partial charge in [0.1, 0.15) is 18.1 Å². The highest BCUT2D eigenvalue weighted by molar-refractivity contribution is 7.14. The van der Waals surface area contributed by atoms with Gasteiger partial charge in [-0.25, -0.2) is 14.4 Å². The van der Waals surface area contributed by atoms with Gasteiger partial charge in [-0.05, 0) is 55.0 Å². The number of thiazole rings is 1. The molecule has 1 amide bonds. The predicted octanol–water partition coefficient (Wildman–Crippen LogP) is 6.31. The quantitative estimate of drug-likeness (QED) is 0.269. The molecule has 0 radical (unpaired) electrons. The number of aliphatic carboxylic acids is 1. The van der Waals surface area contributed by atoms with Crippen molar-refractivity contribution < 1.29 is 33.0 Å². The van der Waals surface area contributed by atoms with Gasteiger partial charge in [0.05, 0.1) is 13.0 Å². The van der Waals surface area contributed by atoms with Crippen LogP contribution in [-0.2, 0) is 9.59 Å². The zero-order chi connectivity index (χ0) is 30.1. The second-order valence-electron chi connectivity index (χ2n) is 11.5. The summed E-state index contributed by atoms with van der Waals surface area (Å²) in [6.07, 6.45) is 7.54. The maximum absolute atomic E-state index is 15.8. The summed E-state index contributed by atoms with van der Waals surface area (Å²) in [5.74, 6) is -0.236. The van der Waals surface area contributed by atoms with Gasteiger partial charge in [0.25, 0.3) is 0 Å². The van der Waals surface area contributed by atoms with Crippen LogP contribution in [-0.4, -0.2) is 60.1 Å². The molecule has 43 heavy (non-hydrogen) atoms. The predicted molar refractivity (Wildman–Crippen MR) is 159 cm³/mol. The number of aromatic nitrogens is 2. The smallest absolute Gasteiger partial charge is 0.304 e. The van der Waals surface area contributed by atoms with E-state index in [1.165, 1.54) is 11.0 Å². The van der Waals surface area contributed by atoms with Gasteiger partial charge in [-0.15, -0.1) is 0 Å². The number of amides is 1. The highest BCUT2D eigenvalue weighted by Gasteiger charge is 2.40. The summed E-state index contributed by atoms with van der Waals surface area (Å²) < 4.78 is 39.9. The summed E-state index contributed by atoms with van der Waals surface area (Å²) in [5, 5.41) is 9.19. The number of carboxylic acid groups (broad SMARTS) is 1. The first-order valence-corrected chi connectivity index (χ1v) is 15.5. The van der Waals surface area contributed by atoms with Crippen LogP contribution in [0, 0.1) is 17.0 Å². The first kappa shape index (κ1) is 29.3. The first-order valence-electron chi connectivity index (χ1n) is 14.7. The van der Waals surface area contributed by atoms with E-state index >= 15 is 4.39 Å². The number of likely N-dealkylation sites (N-methyl/N-ethyl adjacent to an activating group) is 1. The Morgan fingerprint density at radius 1 is 1.21 bits per heavy atom. The summed E-state index contributed by atoms with van der Waals surface area (Å²) in [6.45, 7) is 0.153. The number of benzene rings is 1. The van der Waals surface area contributed by atoms with Crippen molar-refractivity contribution >= 4 is 34.2 Å². The molecule has 1 unspecified atom stereocenters. The lowest BCUT2D eigenvalue weighted by Crippen LogP contribution is -2.39. The van der Waals surface area contributed by atoms with Crippen LogP contribution >= 0.6 is 11.3 Å². The standard InChI is InChI=1S/C31H34F2N4O5S/c1-36-10-11-41-25-13-20(16-34-29(25)36)23-9-8-22(42-17-32)15-24(23)27-28(33)43-31(35-27)37(21-6-7-21)30(40)19(14-26(38)39)12-18-4-2-3-5-18/h8-9,13,15-16,18-19,21H,2-7,10-12,14,17H2,1H3,(H,38,39). The number of nitrogens with zero attached hydrogens (tertiary/aromatic N) is 4. The minimum atomic E-state index is -1.06. The van der Waals surface area contributed by atoms with Crippen molar-refractivity contribution in [3.8, 4) is 33.9 Å². The van der Waals surface area contributed by atoms with Gasteiger partial charge in [0, 0.05) is 36.3 Å². The molecule has 2 fully saturated rings. The molecule has 2 aromatic heterocycles. The Hall–Kier alpha value is -3.80. The summed E-state index contributed by atoms with van der Waals surface area (Å²) in [7, 11) is 1.93. The molecule has 0 saturated heterocycles. The number of ether oxygens (including phenoxy) is 2. The SMILES string of the molecule is CN1CCOc2cc(-c3ccc(OCF)cc3-c3nc(N(C(=O)C(CC(=O)O)CC4CCCC4)C4CC4)sc3F)cnc21. The third-order valence-corrected chi connectivity index (χ3v) is 9.29. The van der Waals surface area contributed by atoms with Crippen molar-refractivity contribution in [2.45, 2.75) is 57.4 Å². The van der Waals surface area contributed by atoms with Gasteiger partial charge in [-0.1, -0.05) is 37.0 Å². The van der Waals surface area contributed by atoms with Crippen LogP contribution in [0.3, 0.4) is 0 Å². The largest absolute Gasteiger partial charge is 0.488 e. The van der Waals surface area contributed by atoms with E-state index in [1.54, 1.807) is 18.3 Å². The van der Waals surface area contributed by atoms with E-state index in [0.717, 1.165) is 49.9 Å². The third-order valence-electron chi connectivity index (χ3n) is 8.45. The van der Waals surface area contributed by atoms with E-state index in [0.29, 0.717) is 53.7 Å². The minimum absolute atomic E-state index is 0.000840. The molecule has 1 N–H and O–H groups in total. The van der Waals surface area contributed by atoms with Gasteiger partial charge >= 0.3 is 5.97 Å². The number of carbonyl (C=O) groups excluding carboxylic acids is 1. The Kier molecular flexibility index (Phi) is 8.47. The van der Waals surface area contributed by atoms with Crippen molar-refractivity contribution in [3.05, 3.63) is 35.6 Å². The molecule has 6 rings (SSSR count). The van der Waals surface area contributed by atoms with Crippen LogP contribution in [0.1, 0.15) is 51.4 Å². The Bertz CT molecular complexity index is 1510. The van der Waals surface area contributed by atoms with E-state index in [9.17, 15) is 19.1 Å². The highest BCUT2D eigenvalue weighted by atomic mass is 32.1. The monoisotopic (exact) mass is 612 g/mol. The van der Waals surface area contributed by atoms with Crippen LogP contribution in [0.4, 0.5) is 19.7 Å². The van der Waals surface area contributed by atoms with Gasteiger partial charge in [0.15, 0.2) is 16.7 Å². The zero-order valence-corrected chi connectivity index (χ0v) is 24.7. The molecule has 1 aliphatic heterocycles. The summed E-state index contributed by atoms with van der Waals surface area (Å²) in [5.41, 5.74) is 1.59. The van der Waals surface area contributed by atoms with Gasteiger partial charge in [-0.3, -0.25) is 14.5 Å². The van der Waals surface area contributed by atoms with Crippen LogP contribution in [0.25, 0.3) is 22.4 Å². The van der Waals surface area contributed by atoms with Gasteiger partial charge in [-0.2, -0.15) is 4.39 Å². The molecule has 3 aliphatic rings. The number of anilines is 2. The topological polar surface area (TPSA) is 105 Å². The molecule has 9 nitrogen and oxygen atoms in total. The normalized spacial score (nSPS) is 17.3. The molecule has 0 spiro atoms. The lowest BCUT2D eigenvalue weighted by atomic mass is 9.90. The number of carboxylic acids is 1. The van der Waals surface area contributed by atoms with Crippen molar-refractivity contribution in [2.24, 2.45) is 11.8 Å². The number of hydrogen-bond acceptors (Lipinski definition) is 8. The number of pyridine rings is 1. The average Bonchev–Trinajstić information content (AvgIpc) is 3.54. The molecular formula is C31H34F2N4O5S. The lowest BCUT2D eigenvalue weighted by molar-refractivity contribution is -0.141. The fourth-order valence-electron chi connectivity index (χ4n) is 6.15. The van der Waals surface area contributed by atoms with E-state index in [1.807, 2.05) is 18.0 Å². The van der Waals surface area contributed by atoms with Crippen LogP contribution in [0.15, 0.2) is 30.5 Å². The molecule has 228 valence electrons. The highest BCUT2D eigenvalue weighted by Crippen LogP contribution is 2.44. The van der Waals surface area contributed by atoms with Gasteiger partial charge < -0.3 is 19.5 Å². The van der Waals surface area contributed by atoms with E-state index in [4.69, 9.17) is 9.47 Å². The molecule has 3 heterocycles. The maximum atomic E-state index is 15.8.